The van der Waals surface area contributed by atoms with Gasteiger partial charge in [-0.3, -0.25) is 19.9 Å². The number of halogens is 2. The second kappa shape index (κ2) is 7.02. The third kappa shape index (κ3) is 3.13. The minimum absolute atomic E-state index is 0. The minimum atomic E-state index is -0.796. The number of rotatable bonds is 2. The number of aromatic hydroxyl groups is 1. The third-order valence-corrected chi connectivity index (χ3v) is 3.65. The van der Waals surface area contributed by atoms with Crippen LogP contribution in [0.15, 0.2) is 30.6 Å². The summed E-state index contributed by atoms with van der Waals surface area (Å²) >= 11 is 5.79. The van der Waals surface area contributed by atoms with Gasteiger partial charge in [-0.25, -0.2) is 0 Å². The molecular weight excluding hydrogens is 406 g/mol. The Balaban J connectivity index is 0.00000208. The molecule has 0 bridgehead atoms. The van der Waals surface area contributed by atoms with E-state index in [4.69, 9.17) is 16.3 Å². The van der Waals surface area contributed by atoms with Crippen LogP contribution in [0, 0.1) is 10.1 Å². The van der Waals surface area contributed by atoms with Gasteiger partial charge in [-0.05, 0) is 12.1 Å². The van der Waals surface area contributed by atoms with E-state index in [0.29, 0.717) is 11.4 Å². The maximum Gasteiger partial charge on any atom is 0.313 e. The topological polar surface area (TPSA) is 106 Å². The number of hydrogen-bond donors (Lipinski definition) is 1. The van der Waals surface area contributed by atoms with Crippen molar-refractivity contribution in [2.75, 3.05) is 18.1 Å². The van der Waals surface area contributed by atoms with Crippen molar-refractivity contribution in [1.29, 1.82) is 0 Å². The summed E-state index contributed by atoms with van der Waals surface area (Å²) in [4.78, 5) is 28.2. The number of amides is 1. The zero-order valence-electron chi connectivity index (χ0n) is 12.0. The molecule has 0 fully saturated rings. The number of aromatic nitrogens is 1. The number of carbonyl (C=O) groups is 1. The molecule has 1 aliphatic rings. The second-order valence-corrected chi connectivity index (χ2v) is 5.14. The number of nitrogens with zero attached hydrogens (tertiary/aromatic N) is 3. The van der Waals surface area contributed by atoms with E-state index in [0.717, 1.165) is 6.07 Å². The summed E-state index contributed by atoms with van der Waals surface area (Å²) in [6.45, 7) is 0.556. The van der Waals surface area contributed by atoms with Gasteiger partial charge >= 0.3 is 5.69 Å². The first kappa shape index (κ1) is 18.0. The highest BCUT2D eigenvalue weighted by Gasteiger charge is 2.28. The molecule has 0 radical (unpaired) electrons. The van der Waals surface area contributed by atoms with Crippen LogP contribution in [-0.4, -0.2) is 34.1 Å². The molecule has 8 nitrogen and oxygen atoms in total. The zero-order valence-corrected chi connectivity index (χ0v) is 14.5. The van der Waals surface area contributed by atoms with Gasteiger partial charge in [-0.15, -0.1) is 17.0 Å². The lowest BCUT2D eigenvalue weighted by Crippen LogP contribution is -2.38. The normalized spacial score (nSPS) is 12.6. The van der Waals surface area contributed by atoms with Crippen molar-refractivity contribution in [2.24, 2.45) is 0 Å². The van der Waals surface area contributed by atoms with Gasteiger partial charge in [0.05, 0.1) is 28.4 Å². The van der Waals surface area contributed by atoms with Gasteiger partial charge < -0.3 is 14.7 Å². The Hall–Kier alpha value is -2.39. The van der Waals surface area contributed by atoms with Crippen molar-refractivity contribution in [3.63, 3.8) is 0 Å². The van der Waals surface area contributed by atoms with E-state index in [-0.39, 0.29) is 40.7 Å². The SMILES string of the molecule is Br.O=C(c1cc(Cl)c(O)c([N+](=O)[O-])c1)N1CCOc2cnccc21. The van der Waals surface area contributed by atoms with Gasteiger partial charge in [0.15, 0.2) is 5.75 Å². The van der Waals surface area contributed by atoms with Gasteiger partial charge in [-0.1, -0.05) is 11.6 Å². The third-order valence-electron chi connectivity index (χ3n) is 3.36. The molecular formula is C14H11BrClN3O5. The Kier molecular flexibility index (Phi) is 5.25. The number of nitro groups is 1. The van der Waals surface area contributed by atoms with Crippen LogP contribution < -0.4 is 9.64 Å². The lowest BCUT2D eigenvalue weighted by atomic mass is 10.1. The van der Waals surface area contributed by atoms with E-state index in [1.807, 2.05) is 0 Å². The molecule has 2 aromatic rings. The maximum absolute atomic E-state index is 12.7. The number of benzene rings is 1. The molecule has 1 aromatic heterocycles. The van der Waals surface area contributed by atoms with E-state index in [2.05, 4.69) is 4.98 Å². The fourth-order valence-corrected chi connectivity index (χ4v) is 2.50. The molecule has 2 heterocycles. The average molecular weight is 417 g/mol. The Morgan fingerprint density at radius 3 is 2.92 bits per heavy atom. The molecule has 0 saturated carbocycles. The Morgan fingerprint density at radius 2 is 2.21 bits per heavy atom. The summed E-state index contributed by atoms with van der Waals surface area (Å²) < 4.78 is 5.41. The summed E-state index contributed by atoms with van der Waals surface area (Å²) in [5.74, 6) is -0.697. The summed E-state index contributed by atoms with van der Waals surface area (Å²) in [6.07, 6.45) is 3.00. The highest BCUT2D eigenvalue weighted by molar-refractivity contribution is 8.93. The molecule has 0 aliphatic carbocycles. The smallest absolute Gasteiger partial charge is 0.313 e. The van der Waals surface area contributed by atoms with Crippen molar-refractivity contribution in [1.82, 2.24) is 4.98 Å². The van der Waals surface area contributed by atoms with Gasteiger partial charge in [0.1, 0.15) is 6.61 Å². The number of pyridine rings is 1. The number of nitro benzene ring substituents is 1. The molecule has 1 aliphatic heterocycles. The van der Waals surface area contributed by atoms with Crippen LogP contribution >= 0.6 is 28.6 Å². The number of anilines is 1. The summed E-state index contributed by atoms with van der Waals surface area (Å²) in [7, 11) is 0. The Labute approximate surface area is 151 Å². The summed E-state index contributed by atoms with van der Waals surface area (Å²) in [5, 5.41) is 20.3. The molecule has 0 atom stereocenters. The standard InChI is InChI=1S/C14H10ClN3O5.BrH/c15-9-5-8(6-11(13(9)19)18(21)22)14(20)17-3-4-23-12-7-16-2-1-10(12)17;/h1-2,5-7,19H,3-4H2;1H. The summed E-state index contributed by atoms with van der Waals surface area (Å²) in [5.41, 5.74) is -0.101. The van der Waals surface area contributed by atoms with Crippen LogP contribution in [0.1, 0.15) is 10.4 Å². The molecule has 0 saturated heterocycles. The molecule has 1 aromatic carbocycles. The zero-order chi connectivity index (χ0) is 16.6. The van der Waals surface area contributed by atoms with Crippen LogP contribution in [0.4, 0.5) is 11.4 Å². The van der Waals surface area contributed by atoms with E-state index < -0.39 is 22.3 Å². The van der Waals surface area contributed by atoms with Crippen molar-refractivity contribution in [3.05, 3.63) is 51.3 Å². The van der Waals surface area contributed by atoms with Crippen LogP contribution in [0.25, 0.3) is 0 Å². The van der Waals surface area contributed by atoms with Crippen LogP contribution in [0.3, 0.4) is 0 Å². The van der Waals surface area contributed by atoms with E-state index >= 15 is 0 Å². The fraction of sp³-hybridized carbons (Fsp3) is 0.143. The molecule has 126 valence electrons. The Bertz CT molecular complexity index is 817. The molecule has 1 amide bonds. The number of phenolic OH excluding ortho intramolecular Hbond substituents is 1. The van der Waals surface area contributed by atoms with Crippen molar-refractivity contribution < 1.29 is 19.6 Å². The predicted octanol–water partition coefficient (Wildman–Crippen LogP) is 2.97. The molecule has 1 N–H and O–H groups in total. The highest BCUT2D eigenvalue weighted by atomic mass is 79.9. The molecule has 0 unspecified atom stereocenters. The first-order chi connectivity index (χ1) is 11.0. The lowest BCUT2D eigenvalue weighted by molar-refractivity contribution is -0.385. The predicted molar refractivity (Wildman–Crippen MR) is 91.5 cm³/mol. The number of hydrogen-bond acceptors (Lipinski definition) is 6. The van der Waals surface area contributed by atoms with Gasteiger partial charge in [-0.2, -0.15) is 0 Å². The first-order valence-electron chi connectivity index (χ1n) is 6.54. The van der Waals surface area contributed by atoms with Crippen molar-refractivity contribution >= 4 is 45.9 Å². The number of fused-ring (bicyclic) bond motifs is 1. The monoisotopic (exact) mass is 415 g/mol. The van der Waals surface area contributed by atoms with Gasteiger partial charge in [0, 0.05) is 17.8 Å². The molecule has 10 heteroatoms. The minimum Gasteiger partial charge on any atom is -0.501 e. The number of ether oxygens (including phenoxy) is 1. The van der Waals surface area contributed by atoms with Crippen molar-refractivity contribution in [3.8, 4) is 11.5 Å². The maximum atomic E-state index is 12.7. The average Bonchev–Trinajstić information content (AvgIpc) is 2.55. The quantitative estimate of drug-likeness (QED) is 0.596. The number of phenols is 1. The Morgan fingerprint density at radius 1 is 1.46 bits per heavy atom. The van der Waals surface area contributed by atoms with Crippen LogP contribution in [-0.2, 0) is 0 Å². The van der Waals surface area contributed by atoms with E-state index in [9.17, 15) is 20.0 Å². The second-order valence-electron chi connectivity index (χ2n) is 4.73. The lowest BCUT2D eigenvalue weighted by Gasteiger charge is -2.29. The number of carbonyl (C=O) groups excluding carboxylic acids is 1. The molecule has 3 rings (SSSR count). The van der Waals surface area contributed by atoms with E-state index in [1.165, 1.54) is 23.4 Å². The largest absolute Gasteiger partial charge is 0.501 e. The van der Waals surface area contributed by atoms with Gasteiger partial charge in [0.25, 0.3) is 5.91 Å². The molecule has 0 spiro atoms. The molecule has 24 heavy (non-hydrogen) atoms. The fourth-order valence-electron chi connectivity index (χ4n) is 2.29. The van der Waals surface area contributed by atoms with Crippen molar-refractivity contribution in [2.45, 2.75) is 0 Å². The highest BCUT2D eigenvalue weighted by Crippen LogP contribution is 2.36. The van der Waals surface area contributed by atoms with Crippen LogP contribution in [0.2, 0.25) is 5.02 Å². The first-order valence-corrected chi connectivity index (χ1v) is 6.92. The summed E-state index contributed by atoms with van der Waals surface area (Å²) in [6, 6.07) is 3.81. The van der Waals surface area contributed by atoms with Crippen LogP contribution in [0.5, 0.6) is 11.5 Å². The van der Waals surface area contributed by atoms with E-state index in [1.54, 1.807) is 6.07 Å². The van der Waals surface area contributed by atoms with Gasteiger partial charge in [0.2, 0.25) is 5.75 Å².